The lowest BCUT2D eigenvalue weighted by molar-refractivity contribution is -0.125. The van der Waals surface area contributed by atoms with E-state index in [9.17, 15) is 4.79 Å². The molecule has 1 N–H and O–H groups in total. The van der Waals surface area contributed by atoms with Gasteiger partial charge in [0.05, 0.1) is 0 Å². The highest BCUT2D eigenvalue weighted by Crippen LogP contribution is 2.17. The van der Waals surface area contributed by atoms with Crippen LogP contribution in [0.4, 0.5) is 0 Å². The first kappa shape index (κ1) is 15.7. The summed E-state index contributed by atoms with van der Waals surface area (Å²) in [5.41, 5.74) is 1.24. The summed E-state index contributed by atoms with van der Waals surface area (Å²) in [6.45, 7) is 9.35. The second-order valence-electron chi connectivity index (χ2n) is 6.16. The average Bonchev–Trinajstić information content (AvgIpc) is 2.36. The molecule has 0 spiro atoms. The molecular weight excluding hydrogens is 234 g/mol. The van der Waals surface area contributed by atoms with Crippen molar-refractivity contribution in [1.29, 1.82) is 0 Å². The fourth-order valence-electron chi connectivity index (χ4n) is 2.20. The number of rotatable bonds is 7. The Morgan fingerprint density at radius 2 is 1.68 bits per heavy atom. The Kier molecular flexibility index (Phi) is 6.61. The van der Waals surface area contributed by atoms with Crippen LogP contribution in [0.3, 0.4) is 0 Å². The summed E-state index contributed by atoms with van der Waals surface area (Å²) in [5, 5.41) is 3.07. The Hall–Kier alpha value is -1.31. The van der Waals surface area contributed by atoms with E-state index >= 15 is 0 Å². The molecule has 0 heterocycles. The molecule has 0 aliphatic rings. The molecule has 1 aromatic carbocycles. The molecule has 0 aliphatic heterocycles. The molecule has 1 aromatic rings. The minimum Gasteiger partial charge on any atom is -0.356 e. The highest BCUT2D eigenvalue weighted by molar-refractivity contribution is 5.78. The lowest BCUT2D eigenvalue weighted by Gasteiger charge is -2.19. The van der Waals surface area contributed by atoms with Gasteiger partial charge < -0.3 is 5.32 Å². The Labute approximate surface area is 117 Å². The van der Waals surface area contributed by atoms with Crippen LogP contribution in [0, 0.1) is 17.8 Å². The molecule has 1 unspecified atom stereocenters. The number of amides is 1. The normalized spacial score (nSPS) is 12.7. The first-order chi connectivity index (χ1) is 8.99. The van der Waals surface area contributed by atoms with Crippen molar-refractivity contribution in [3.05, 3.63) is 35.9 Å². The summed E-state index contributed by atoms with van der Waals surface area (Å²) in [4.78, 5) is 12.3. The van der Waals surface area contributed by atoms with Crippen molar-refractivity contribution in [2.24, 2.45) is 17.8 Å². The molecule has 1 amide bonds. The molecule has 2 nitrogen and oxygen atoms in total. The van der Waals surface area contributed by atoms with Crippen LogP contribution in [0.15, 0.2) is 30.3 Å². The van der Waals surface area contributed by atoms with Gasteiger partial charge in [-0.2, -0.15) is 0 Å². The third-order valence-electron chi connectivity index (χ3n) is 3.14. The van der Waals surface area contributed by atoms with Gasteiger partial charge >= 0.3 is 0 Å². The van der Waals surface area contributed by atoms with Crippen LogP contribution in [0.5, 0.6) is 0 Å². The monoisotopic (exact) mass is 261 g/mol. The highest BCUT2D eigenvalue weighted by atomic mass is 16.1. The van der Waals surface area contributed by atoms with E-state index < -0.39 is 0 Å². The van der Waals surface area contributed by atoms with Crippen molar-refractivity contribution in [1.82, 2.24) is 5.32 Å². The predicted octanol–water partition coefficient (Wildman–Crippen LogP) is 3.66. The molecule has 19 heavy (non-hydrogen) atoms. The maximum atomic E-state index is 12.3. The van der Waals surface area contributed by atoms with Crippen LogP contribution in [0.25, 0.3) is 0 Å². The molecule has 0 fully saturated rings. The summed E-state index contributed by atoms with van der Waals surface area (Å²) in [6, 6.07) is 10.3. The van der Waals surface area contributed by atoms with Gasteiger partial charge in [-0.05, 0) is 30.2 Å². The molecule has 0 saturated carbocycles. The summed E-state index contributed by atoms with van der Waals surface area (Å²) in [5.74, 6) is 1.33. The molecule has 106 valence electrons. The highest BCUT2D eigenvalue weighted by Gasteiger charge is 2.20. The molecule has 1 atom stereocenters. The summed E-state index contributed by atoms with van der Waals surface area (Å²) in [7, 11) is 0. The second kappa shape index (κ2) is 7.98. The molecular formula is C17H27NO. The van der Waals surface area contributed by atoms with E-state index in [0.29, 0.717) is 11.8 Å². The van der Waals surface area contributed by atoms with Crippen LogP contribution in [-0.4, -0.2) is 12.5 Å². The zero-order valence-electron chi connectivity index (χ0n) is 12.6. The van der Waals surface area contributed by atoms with Crippen LogP contribution >= 0.6 is 0 Å². The maximum absolute atomic E-state index is 12.3. The largest absolute Gasteiger partial charge is 0.356 e. The number of carbonyl (C=O) groups is 1. The van der Waals surface area contributed by atoms with E-state index in [1.54, 1.807) is 0 Å². The molecule has 0 bridgehead atoms. The van der Waals surface area contributed by atoms with E-state index in [1.165, 1.54) is 5.56 Å². The quantitative estimate of drug-likeness (QED) is 0.797. The first-order valence-electron chi connectivity index (χ1n) is 7.30. The van der Waals surface area contributed by atoms with Gasteiger partial charge in [0, 0.05) is 12.5 Å². The van der Waals surface area contributed by atoms with Crippen molar-refractivity contribution < 1.29 is 4.79 Å². The zero-order valence-corrected chi connectivity index (χ0v) is 12.6. The minimum absolute atomic E-state index is 0.0844. The molecule has 0 aliphatic carbocycles. The van der Waals surface area contributed by atoms with Crippen LogP contribution in [0.1, 0.15) is 39.7 Å². The van der Waals surface area contributed by atoms with E-state index in [1.807, 2.05) is 18.2 Å². The van der Waals surface area contributed by atoms with Crippen molar-refractivity contribution >= 4 is 5.91 Å². The van der Waals surface area contributed by atoms with E-state index in [4.69, 9.17) is 0 Å². The molecule has 0 radical (unpaired) electrons. The summed E-state index contributed by atoms with van der Waals surface area (Å²) < 4.78 is 0. The fourth-order valence-corrected chi connectivity index (χ4v) is 2.20. The first-order valence-corrected chi connectivity index (χ1v) is 7.30. The third kappa shape index (κ3) is 6.42. The Morgan fingerprint density at radius 3 is 2.21 bits per heavy atom. The molecule has 0 aromatic heterocycles. The van der Waals surface area contributed by atoms with Crippen molar-refractivity contribution in [3.8, 4) is 0 Å². The third-order valence-corrected chi connectivity index (χ3v) is 3.14. The lowest BCUT2D eigenvalue weighted by Crippen LogP contribution is -2.35. The Balaban J connectivity index is 2.63. The summed E-state index contributed by atoms with van der Waals surface area (Å²) in [6.07, 6.45) is 1.78. The standard InChI is InChI=1S/C17H27NO/c1-13(2)10-16(17(19)18-12-14(3)4)11-15-8-6-5-7-9-15/h5-9,13-14,16H,10-12H2,1-4H3,(H,18,19). The Bertz CT molecular complexity index is 370. The van der Waals surface area contributed by atoms with Gasteiger partial charge in [0.2, 0.25) is 5.91 Å². The number of benzene rings is 1. The maximum Gasteiger partial charge on any atom is 0.223 e. The predicted molar refractivity (Wildman–Crippen MR) is 80.9 cm³/mol. The van der Waals surface area contributed by atoms with Gasteiger partial charge in [0.25, 0.3) is 0 Å². The number of carbonyl (C=O) groups excluding carboxylic acids is 1. The average molecular weight is 261 g/mol. The van der Waals surface area contributed by atoms with Gasteiger partial charge in [-0.25, -0.2) is 0 Å². The minimum atomic E-state index is 0.0844. The number of hydrogen-bond donors (Lipinski definition) is 1. The zero-order chi connectivity index (χ0) is 14.3. The van der Waals surface area contributed by atoms with E-state index in [0.717, 1.165) is 19.4 Å². The second-order valence-corrected chi connectivity index (χ2v) is 6.16. The molecule has 2 heteroatoms. The van der Waals surface area contributed by atoms with Gasteiger partial charge in [0.1, 0.15) is 0 Å². The Morgan fingerprint density at radius 1 is 1.05 bits per heavy atom. The van der Waals surface area contributed by atoms with Crippen LogP contribution < -0.4 is 5.32 Å². The fraction of sp³-hybridized carbons (Fsp3) is 0.588. The van der Waals surface area contributed by atoms with Crippen molar-refractivity contribution in [2.75, 3.05) is 6.54 Å². The van der Waals surface area contributed by atoms with Gasteiger partial charge in [-0.3, -0.25) is 4.79 Å². The topological polar surface area (TPSA) is 29.1 Å². The van der Waals surface area contributed by atoms with Gasteiger partial charge in [0.15, 0.2) is 0 Å². The SMILES string of the molecule is CC(C)CNC(=O)C(Cc1ccccc1)CC(C)C. The van der Waals surface area contributed by atoms with Gasteiger partial charge in [-0.1, -0.05) is 58.0 Å². The molecule has 1 rings (SSSR count). The van der Waals surface area contributed by atoms with E-state index in [2.05, 4.69) is 45.1 Å². The summed E-state index contributed by atoms with van der Waals surface area (Å²) >= 11 is 0. The van der Waals surface area contributed by atoms with E-state index in [-0.39, 0.29) is 11.8 Å². The number of hydrogen-bond acceptors (Lipinski definition) is 1. The van der Waals surface area contributed by atoms with Crippen LogP contribution in [-0.2, 0) is 11.2 Å². The lowest BCUT2D eigenvalue weighted by atomic mass is 9.90. The smallest absolute Gasteiger partial charge is 0.223 e. The number of nitrogens with one attached hydrogen (secondary N) is 1. The van der Waals surface area contributed by atoms with Crippen LogP contribution in [0.2, 0.25) is 0 Å². The van der Waals surface area contributed by atoms with Crippen molar-refractivity contribution in [2.45, 2.75) is 40.5 Å². The van der Waals surface area contributed by atoms with Gasteiger partial charge in [-0.15, -0.1) is 0 Å². The molecule has 0 saturated heterocycles. The van der Waals surface area contributed by atoms with Crippen molar-refractivity contribution in [3.63, 3.8) is 0 Å².